The zero-order chi connectivity index (χ0) is 21.0. The maximum Gasteiger partial charge on any atom is 0.351 e. The molecular weight excluding hydrogens is 396 g/mol. The van der Waals surface area contributed by atoms with Crippen LogP contribution in [0.15, 0.2) is 58.1 Å². The van der Waals surface area contributed by atoms with Crippen LogP contribution in [-0.4, -0.2) is 26.9 Å². The molecule has 0 atom stereocenters. The van der Waals surface area contributed by atoms with Gasteiger partial charge in [-0.15, -0.1) is 0 Å². The first-order valence-electron chi connectivity index (χ1n) is 8.87. The van der Waals surface area contributed by atoms with Crippen LogP contribution in [0.2, 0.25) is 5.02 Å². The van der Waals surface area contributed by atoms with E-state index in [2.05, 4.69) is 10.4 Å². The monoisotopic (exact) mass is 414 g/mol. The largest absolute Gasteiger partial charge is 0.494 e. The molecule has 0 aliphatic heterocycles. The first-order chi connectivity index (χ1) is 13.9. The lowest BCUT2D eigenvalue weighted by Crippen LogP contribution is -2.44. The average Bonchev–Trinajstić information content (AvgIpc) is 2.72. The van der Waals surface area contributed by atoms with Crippen LogP contribution in [0.4, 0.5) is 0 Å². The number of carbonyl (C=O) groups excluding carboxylic acids is 1. The molecule has 0 spiro atoms. The van der Waals surface area contributed by atoms with Gasteiger partial charge in [0.2, 0.25) is 5.69 Å². The van der Waals surface area contributed by atoms with Crippen LogP contribution < -0.4 is 21.3 Å². The first-order valence-corrected chi connectivity index (χ1v) is 9.25. The molecule has 8 nitrogen and oxygen atoms in total. The second-order valence-electron chi connectivity index (χ2n) is 6.11. The van der Waals surface area contributed by atoms with Gasteiger partial charge in [0.25, 0.3) is 11.5 Å². The van der Waals surface area contributed by atoms with E-state index in [4.69, 9.17) is 16.3 Å². The summed E-state index contributed by atoms with van der Waals surface area (Å²) in [4.78, 5) is 37.5. The highest BCUT2D eigenvalue weighted by Gasteiger charge is 2.19. The summed E-state index contributed by atoms with van der Waals surface area (Å²) in [5, 5.41) is 7.13. The normalized spacial score (nSPS) is 10.6. The van der Waals surface area contributed by atoms with Crippen LogP contribution in [0.3, 0.4) is 0 Å². The highest BCUT2D eigenvalue weighted by atomic mass is 35.5. The van der Waals surface area contributed by atoms with Gasteiger partial charge in [0, 0.05) is 24.2 Å². The summed E-state index contributed by atoms with van der Waals surface area (Å²) >= 11 is 5.87. The van der Waals surface area contributed by atoms with Gasteiger partial charge in [0.15, 0.2) is 0 Å². The van der Waals surface area contributed by atoms with Crippen molar-refractivity contribution in [1.29, 1.82) is 0 Å². The zero-order valence-corrected chi connectivity index (χ0v) is 16.6. The number of ether oxygens (including phenoxy) is 1. The second-order valence-corrected chi connectivity index (χ2v) is 6.54. The lowest BCUT2D eigenvalue weighted by molar-refractivity contribution is 0.0941. The Hall–Kier alpha value is -3.39. The molecule has 0 saturated heterocycles. The number of benzene rings is 2. The van der Waals surface area contributed by atoms with Crippen molar-refractivity contribution in [1.82, 2.24) is 19.7 Å². The maximum atomic E-state index is 12.6. The van der Waals surface area contributed by atoms with Crippen molar-refractivity contribution in [3.05, 3.63) is 85.6 Å². The third kappa shape index (κ3) is 4.38. The quantitative estimate of drug-likeness (QED) is 0.664. The number of hydrogen-bond acceptors (Lipinski definition) is 5. The topological polar surface area (TPSA) is 95.2 Å². The number of nitrogens with one attached hydrogen (secondary N) is 1. The highest BCUT2D eigenvalue weighted by Crippen LogP contribution is 2.17. The minimum absolute atomic E-state index is 0.139. The number of carbonyl (C=O) groups is 1. The van der Waals surface area contributed by atoms with E-state index < -0.39 is 22.9 Å². The third-order valence-electron chi connectivity index (χ3n) is 4.17. The van der Waals surface area contributed by atoms with Crippen molar-refractivity contribution in [2.24, 2.45) is 7.05 Å². The Kier molecular flexibility index (Phi) is 6.13. The molecule has 0 fully saturated rings. The van der Waals surface area contributed by atoms with Gasteiger partial charge in [-0.05, 0) is 37.3 Å². The molecular formula is C20H19ClN4O4. The molecule has 29 heavy (non-hydrogen) atoms. The van der Waals surface area contributed by atoms with Crippen LogP contribution in [0, 0.1) is 0 Å². The first kappa shape index (κ1) is 20.3. The Morgan fingerprint density at radius 2 is 1.83 bits per heavy atom. The number of rotatable bonds is 6. The number of amides is 1. The summed E-state index contributed by atoms with van der Waals surface area (Å²) in [5.74, 6) is -0.0538. The van der Waals surface area contributed by atoms with Crippen molar-refractivity contribution in [3.63, 3.8) is 0 Å². The van der Waals surface area contributed by atoms with Gasteiger partial charge in [-0.1, -0.05) is 29.8 Å². The fraction of sp³-hybridized carbons (Fsp3) is 0.200. The fourth-order valence-corrected chi connectivity index (χ4v) is 2.80. The zero-order valence-electron chi connectivity index (χ0n) is 15.9. The third-order valence-corrected chi connectivity index (χ3v) is 4.43. The van der Waals surface area contributed by atoms with Crippen molar-refractivity contribution in [2.45, 2.75) is 13.5 Å². The smallest absolute Gasteiger partial charge is 0.351 e. The Balaban J connectivity index is 1.92. The fourth-order valence-electron chi connectivity index (χ4n) is 2.67. The summed E-state index contributed by atoms with van der Waals surface area (Å²) in [7, 11) is 1.29. The summed E-state index contributed by atoms with van der Waals surface area (Å²) in [6.45, 7) is 2.49. The van der Waals surface area contributed by atoms with E-state index in [1.165, 1.54) is 7.05 Å². The molecule has 2 aromatic carbocycles. The van der Waals surface area contributed by atoms with E-state index in [1.54, 1.807) is 30.3 Å². The van der Waals surface area contributed by atoms with Gasteiger partial charge < -0.3 is 10.1 Å². The number of para-hydroxylation sites is 1. The standard InChI is InChI=1S/C20H19ClN4O4/c1-3-29-16-7-5-4-6-13(16)12-22-18(26)17-19(27)24(2)20(28)25(23-17)15-10-8-14(21)9-11-15/h4-11H,3,12H2,1-2H3,(H,22,26). The second kappa shape index (κ2) is 8.74. The molecule has 3 rings (SSSR count). The van der Waals surface area contributed by atoms with Crippen molar-refractivity contribution in [3.8, 4) is 11.4 Å². The summed E-state index contributed by atoms with van der Waals surface area (Å²) in [6.07, 6.45) is 0. The molecule has 9 heteroatoms. The average molecular weight is 415 g/mol. The Bertz CT molecular complexity index is 1150. The minimum atomic E-state index is -0.782. The molecule has 0 aliphatic rings. The molecule has 0 saturated carbocycles. The lowest BCUT2D eigenvalue weighted by Gasteiger charge is -2.12. The summed E-state index contributed by atoms with van der Waals surface area (Å²) in [5.41, 5.74) is -0.710. The molecule has 0 aliphatic carbocycles. The van der Waals surface area contributed by atoms with E-state index in [0.717, 1.165) is 14.8 Å². The van der Waals surface area contributed by atoms with E-state index in [1.807, 2.05) is 25.1 Å². The molecule has 3 aromatic rings. The number of hydrogen-bond donors (Lipinski definition) is 1. The van der Waals surface area contributed by atoms with Crippen molar-refractivity contribution < 1.29 is 9.53 Å². The highest BCUT2D eigenvalue weighted by molar-refractivity contribution is 6.30. The lowest BCUT2D eigenvalue weighted by atomic mass is 10.2. The van der Waals surface area contributed by atoms with Gasteiger partial charge in [0.1, 0.15) is 5.75 Å². The molecule has 1 aromatic heterocycles. The molecule has 1 heterocycles. The summed E-state index contributed by atoms with van der Waals surface area (Å²) < 4.78 is 7.36. The van der Waals surface area contributed by atoms with Crippen LogP contribution in [0.5, 0.6) is 5.75 Å². The Morgan fingerprint density at radius 1 is 1.14 bits per heavy atom. The van der Waals surface area contributed by atoms with Gasteiger partial charge in [0.05, 0.1) is 12.3 Å². The van der Waals surface area contributed by atoms with Crippen LogP contribution >= 0.6 is 11.6 Å². The van der Waals surface area contributed by atoms with E-state index >= 15 is 0 Å². The number of aromatic nitrogens is 3. The van der Waals surface area contributed by atoms with Crippen molar-refractivity contribution >= 4 is 17.5 Å². The van der Waals surface area contributed by atoms with Crippen molar-refractivity contribution in [2.75, 3.05) is 6.61 Å². The van der Waals surface area contributed by atoms with Gasteiger partial charge in [-0.3, -0.25) is 14.2 Å². The van der Waals surface area contributed by atoms with Crippen LogP contribution in [0.1, 0.15) is 23.0 Å². The van der Waals surface area contributed by atoms with Gasteiger partial charge >= 0.3 is 5.69 Å². The molecule has 1 N–H and O–H groups in total. The van der Waals surface area contributed by atoms with Crippen LogP contribution in [-0.2, 0) is 13.6 Å². The minimum Gasteiger partial charge on any atom is -0.494 e. The van der Waals surface area contributed by atoms with E-state index in [9.17, 15) is 14.4 Å². The van der Waals surface area contributed by atoms with E-state index in [0.29, 0.717) is 23.1 Å². The molecule has 0 bridgehead atoms. The molecule has 1 amide bonds. The molecule has 150 valence electrons. The predicted octanol–water partition coefficient (Wildman–Crippen LogP) is 1.91. The molecule has 0 radical (unpaired) electrons. The predicted molar refractivity (Wildman–Crippen MR) is 109 cm³/mol. The van der Waals surface area contributed by atoms with Gasteiger partial charge in [-0.25, -0.2) is 4.79 Å². The molecule has 0 unspecified atom stereocenters. The van der Waals surface area contributed by atoms with Gasteiger partial charge in [-0.2, -0.15) is 9.78 Å². The number of halogens is 1. The maximum absolute atomic E-state index is 12.6. The number of nitrogens with zero attached hydrogens (tertiary/aromatic N) is 3. The van der Waals surface area contributed by atoms with E-state index in [-0.39, 0.29) is 6.54 Å². The Labute approximate surface area is 171 Å². The summed E-state index contributed by atoms with van der Waals surface area (Å²) in [6, 6.07) is 13.6. The SMILES string of the molecule is CCOc1ccccc1CNC(=O)c1nn(-c2ccc(Cl)cc2)c(=O)n(C)c1=O. The Morgan fingerprint density at radius 3 is 2.52 bits per heavy atom. The van der Waals surface area contributed by atoms with Crippen LogP contribution in [0.25, 0.3) is 5.69 Å².